The quantitative estimate of drug-likeness (QED) is 0.493. The summed E-state index contributed by atoms with van der Waals surface area (Å²) in [6.07, 6.45) is 0. The highest BCUT2D eigenvalue weighted by atomic mass is 32.2. The number of benzene rings is 1. The van der Waals surface area contributed by atoms with E-state index in [1.54, 1.807) is 26.0 Å². The van der Waals surface area contributed by atoms with Crippen molar-refractivity contribution in [1.82, 2.24) is 5.32 Å². The van der Waals surface area contributed by atoms with E-state index in [9.17, 15) is 23.3 Å². The minimum atomic E-state index is -4.23. The van der Waals surface area contributed by atoms with E-state index >= 15 is 0 Å². The zero-order chi connectivity index (χ0) is 15.3. The van der Waals surface area contributed by atoms with E-state index in [0.29, 0.717) is 11.1 Å². The van der Waals surface area contributed by atoms with Crippen LogP contribution in [0.15, 0.2) is 18.2 Å². The number of aryl methyl sites for hydroxylation is 1. The minimum Gasteiger partial charge on any atom is -0.309 e. The monoisotopic (exact) mass is 308 g/mol. The Morgan fingerprint density at radius 3 is 2.65 bits per heavy atom. The maximum absolute atomic E-state index is 11.9. The first-order chi connectivity index (χ1) is 9.20. The summed E-state index contributed by atoms with van der Waals surface area (Å²) in [6.45, 7) is 3.57. The van der Waals surface area contributed by atoms with Crippen molar-refractivity contribution < 1.29 is 18.1 Å². The van der Waals surface area contributed by atoms with Crippen LogP contribution in [0.25, 0.3) is 0 Å². The van der Waals surface area contributed by atoms with Gasteiger partial charge < -0.3 is 5.32 Å². The Labute approximate surface area is 118 Å². The molecule has 0 saturated heterocycles. The van der Waals surface area contributed by atoms with Crippen LogP contribution in [-0.4, -0.2) is 22.7 Å². The fourth-order valence-corrected chi connectivity index (χ4v) is 2.10. The van der Waals surface area contributed by atoms with E-state index in [2.05, 4.69) is 5.32 Å². The van der Waals surface area contributed by atoms with Crippen molar-refractivity contribution in [3.63, 3.8) is 0 Å². The van der Waals surface area contributed by atoms with Crippen LogP contribution < -0.4 is 5.32 Å². The van der Waals surface area contributed by atoms with Gasteiger partial charge >= 0.3 is 5.51 Å². The zero-order valence-electron chi connectivity index (χ0n) is 11.0. The lowest BCUT2D eigenvalue weighted by atomic mass is 10.0. The Morgan fingerprint density at radius 2 is 2.10 bits per heavy atom. The lowest BCUT2D eigenvalue weighted by Gasteiger charge is -2.15. The number of nitro benzene ring substituents is 1. The van der Waals surface area contributed by atoms with Gasteiger partial charge in [0.1, 0.15) is 0 Å². The lowest BCUT2D eigenvalue weighted by molar-refractivity contribution is -0.385. The van der Waals surface area contributed by atoms with Gasteiger partial charge in [-0.2, -0.15) is 13.2 Å². The van der Waals surface area contributed by atoms with Crippen molar-refractivity contribution >= 4 is 17.4 Å². The van der Waals surface area contributed by atoms with Crippen LogP contribution in [0.1, 0.15) is 24.1 Å². The fourth-order valence-electron chi connectivity index (χ4n) is 1.65. The molecule has 1 N–H and O–H groups in total. The molecule has 0 heterocycles. The average Bonchev–Trinajstić information content (AvgIpc) is 2.33. The number of hydrogen-bond donors (Lipinski definition) is 1. The Balaban J connectivity index is 2.58. The lowest BCUT2D eigenvalue weighted by Crippen LogP contribution is -2.22. The molecule has 0 saturated carbocycles. The molecule has 0 amide bonds. The van der Waals surface area contributed by atoms with Gasteiger partial charge in [0.15, 0.2) is 0 Å². The van der Waals surface area contributed by atoms with Crippen molar-refractivity contribution in [2.75, 3.05) is 12.3 Å². The molecule has 1 rings (SSSR count). The van der Waals surface area contributed by atoms with Crippen LogP contribution in [-0.2, 0) is 0 Å². The largest absolute Gasteiger partial charge is 0.441 e. The molecule has 0 aromatic heterocycles. The first-order valence-corrected chi connectivity index (χ1v) is 6.88. The molecule has 0 aliphatic carbocycles. The molecule has 0 fully saturated rings. The second-order valence-corrected chi connectivity index (χ2v) is 5.43. The summed E-state index contributed by atoms with van der Waals surface area (Å²) in [6, 6.07) is 4.57. The second-order valence-electron chi connectivity index (χ2n) is 4.27. The summed E-state index contributed by atoms with van der Waals surface area (Å²) >= 11 is -0.0895. The predicted molar refractivity (Wildman–Crippen MR) is 72.8 cm³/mol. The van der Waals surface area contributed by atoms with Crippen molar-refractivity contribution in [1.29, 1.82) is 0 Å². The first kappa shape index (κ1) is 16.8. The van der Waals surface area contributed by atoms with Crippen LogP contribution in [0.4, 0.5) is 18.9 Å². The minimum absolute atomic E-state index is 0.0146. The van der Waals surface area contributed by atoms with Crippen LogP contribution in [0.3, 0.4) is 0 Å². The van der Waals surface area contributed by atoms with Gasteiger partial charge in [-0.05, 0) is 31.2 Å². The molecule has 1 unspecified atom stereocenters. The van der Waals surface area contributed by atoms with Crippen molar-refractivity contribution in [3.8, 4) is 0 Å². The predicted octanol–water partition coefficient (Wildman–Crippen LogP) is 3.81. The summed E-state index contributed by atoms with van der Waals surface area (Å²) in [5.41, 5.74) is -2.98. The topological polar surface area (TPSA) is 55.2 Å². The summed E-state index contributed by atoms with van der Waals surface area (Å²) in [4.78, 5) is 10.4. The smallest absolute Gasteiger partial charge is 0.309 e. The highest BCUT2D eigenvalue weighted by Gasteiger charge is 2.27. The molecule has 1 aromatic carbocycles. The van der Waals surface area contributed by atoms with Gasteiger partial charge in [0, 0.05) is 30.0 Å². The van der Waals surface area contributed by atoms with Gasteiger partial charge in [-0.15, -0.1) is 0 Å². The van der Waals surface area contributed by atoms with Crippen molar-refractivity contribution in [3.05, 3.63) is 39.4 Å². The van der Waals surface area contributed by atoms with Gasteiger partial charge in [0.2, 0.25) is 0 Å². The summed E-state index contributed by atoms with van der Waals surface area (Å²) in [5.74, 6) is -0.0954. The Kier molecular flexibility index (Phi) is 5.82. The SMILES string of the molecule is Cc1ccc(C(C)NCCSC(F)(F)F)cc1[N+](=O)[O-]. The van der Waals surface area contributed by atoms with E-state index in [0.717, 1.165) is 0 Å². The van der Waals surface area contributed by atoms with E-state index in [1.807, 2.05) is 0 Å². The number of nitro groups is 1. The van der Waals surface area contributed by atoms with E-state index in [-0.39, 0.29) is 35.8 Å². The fraction of sp³-hybridized carbons (Fsp3) is 0.500. The number of hydrogen-bond acceptors (Lipinski definition) is 4. The van der Waals surface area contributed by atoms with Crippen LogP contribution in [0.5, 0.6) is 0 Å². The molecule has 4 nitrogen and oxygen atoms in total. The van der Waals surface area contributed by atoms with E-state index < -0.39 is 10.4 Å². The Hall–Kier alpha value is -1.28. The molecule has 1 aromatic rings. The number of halogens is 3. The molecule has 20 heavy (non-hydrogen) atoms. The van der Waals surface area contributed by atoms with E-state index in [4.69, 9.17) is 0 Å². The number of rotatable bonds is 6. The zero-order valence-corrected chi connectivity index (χ0v) is 11.8. The molecule has 0 radical (unpaired) electrons. The highest BCUT2D eigenvalue weighted by molar-refractivity contribution is 8.00. The Bertz CT molecular complexity index is 480. The number of nitrogens with one attached hydrogen (secondary N) is 1. The highest BCUT2D eigenvalue weighted by Crippen LogP contribution is 2.29. The molecule has 0 bridgehead atoms. The number of nitrogens with zero attached hydrogens (tertiary/aromatic N) is 1. The molecule has 0 aliphatic heterocycles. The van der Waals surface area contributed by atoms with Crippen LogP contribution in [0.2, 0.25) is 0 Å². The van der Waals surface area contributed by atoms with Crippen molar-refractivity contribution in [2.24, 2.45) is 0 Å². The number of alkyl halides is 3. The van der Waals surface area contributed by atoms with Crippen LogP contribution >= 0.6 is 11.8 Å². The third kappa shape index (κ3) is 5.38. The average molecular weight is 308 g/mol. The van der Waals surface area contributed by atoms with Gasteiger partial charge in [0.05, 0.1) is 4.92 Å². The Morgan fingerprint density at radius 1 is 1.45 bits per heavy atom. The van der Waals surface area contributed by atoms with Gasteiger partial charge in [-0.3, -0.25) is 10.1 Å². The van der Waals surface area contributed by atoms with Crippen LogP contribution in [0, 0.1) is 17.0 Å². The number of thioether (sulfide) groups is 1. The summed E-state index contributed by atoms with van der Waals surface area (Å²) < 4.78 is 35.8. The van der Waals surface area contributed by atoms with Gasteiger partial charge in [0.25, 0.3) is 5.69 Å². The molecule has 0 spiro atoms. The van der Waals surface area contributed by atoms with Gasteiger partial charge in [-0.1, -0.05) is 12.1 Å². The molecule has 112 valence electrons. The molecular formula is C12H15F3N2O2S. The maximum Gasteiger partial charge on any atom is 0.441 e. The summed E-state index contributed by atoms with van der Waals surface area (Å²) in [5, 5.41) is 13.7. The van der Waals surface area contributed by atoms with Crippen molar-refractivity contribution in [2.45, 2.75) is 25.4 Å². The molecule has 1 atom stereocenters. The normalized spacial score (nSPS) is 13.2. The standard InChI is InChI=1S/C12H15F3N2O2S/c1-8-3-4-10(7-11(8)17(18)19)9(2)16-5-6-20-12(13,14)15/h3-4,7,9,16H,5-6H2,1-2H3. The third-order valence-electron chi connectivity index (χ3n) is 2.75. The molecule has 8 heteroatoms. The third-order valence-corrected chi connectivity index (χ3v) is 3.48. The van der Waals surface area contributed by atoms with E-state index in [1.165, 1.54) is 6.07 Å². The molecular weight excluding hydrogens is 293 g/mol. The molecule has 0 aliphatic rings. The van der Waals surface area contributed by atoms with Gasteiger partial charge in [-0.25, -0.2) is 0 Å². The first-order valence-electron chi connectivity index (χ1n) is 5.89. The maximum atomic E-state index is 11.9. The summed E-state index contributed by atoms with van der Waals surface area (Å²) in [7, 11) is 0. The second kappa shape index (κ2) is 6.94.